The lowest BCUT2D eigenvalue weighted by Crippen LogP contribution is -2.41. The number of aryl methyl sites for hydroxylation is 1. The van der Waals surface area contributed by atoms with Crippen molar-refractivity contribution in [3.8, 4) is 0 Å². The number of carbonyl (C=O) groups excluding carboxylic acids is 1. The van der Waals surface area contributed by atoms with Crippen molar-refractivity contribution in [1.29, 1.82) is 0 Å². The minimum absolute atomic E-state index is 0.316. The number of fused-ring (bicyclic) bond motifs is 1. The smallest absolute Gasteiger partial charge is 0.332 e. The van der Waals surface area contributed by atoms with Gasteiger partial charge in [0.2, 0.25) is 5.91 Å². The Bertz CT molecular complexity index is 756. The largest absolute Gasteiger partial charge is 0.479 e. The van der Waals surface area contributed by atoms with E-state index in [2.05, 4.69) is 10.4 Å². The number of aliphatic carboxylic acids is 1. The van der Waals surface area contributed by atoms with Crippen LogP contribution in [0.3, 0.4) is 0 Å². The number of amides is 1. The molecule has 0 saturated carbocycles. The van der Waals surface area contributed by atoms with E-state index in [1.807, 2.05) is 6.07 Å². The van der Waals surface area contributed by atoms with Crippen LogP contribution in [-0.4, -0.2) is 26.8 Å². The third kappa shape index (κ3) is 2.46. The van der Waals surface area contributed by atoms with Crippen LogP contribution in [0.25, 0.3) is 0 Å². The van der Waals surface area contributed by atoms with Gasteiger partial charge >= 0.3 is 5.97 Å². The van der Waals surface area contributed by atoms with Crippen molar-refractivity contribution in [1.82, 2.24) is 15.1 Å². The molecular formula is C15H14ClN3O3. The molecule has 0 bridgehead atoms. The van der Waals surface area contributed by atoms with Gasteiger partial charge in [-0.2, -0.15) is 5.10 Å². The summed E-state index contributed by atoms with van der Waals surface area (Å²) in [6, 6.07) is 5.87. The fourth-order valence-electron chi connectivity index (χ4n) is 2.68. The summed E-state index contributed by atoms with van der Waals surface area (Å²) in [6.07, 6.45) is 2.09. The number of halogens is 1. The zero-order valence-corrected chi connectivity index (χ0v) is 12.5. The molecule has 114 valence electrons. The maximum absolute atomic E-state index is 12.4. The molecule has 1 aliphatic rings. The van der Waals surface area contributed by atoms with E-state index >= 15 is 0 Å². The highest BCUT2D eigenvalue weighted by Crippen LogP contribution is 2.37. The molecule has 2 aromatic rings. The van der Waals surface area contributed by atoms with E-state index in [-0.39, 0.29) is 11.8 Å². The van der Waals surface area contributed by atoms with Crippen molar-refractivity contribution in [3.63, 3.8) is 0 Å². The lowest BCUT2D eigenvalue weighted by molar-refractivity contribution is -0.142. The normalized spacial score (nSPS) is 17.3. The minimum Gasteiger partial charge on any atom is -0.479 e. The van der Waals surface area contributed by atoms with Crippen LogP contribution in [0, 0.1) is 0 Å². The highest BCUT2D eigenvalue weighted by molar-refractivity contribution is 6.30. The van der Waals surface area contributed by atoms with Gasteiger partial charge in [-0.15, -0.1) is 0 Å². The van der Waals surface area contributed by atoms with Crippen LogP contribution >= 0.6 is 11.6 Å². The summed E-state index contributed by atoms with van der Waals surface area (Å²) < 4.78 is 1.44. The molecule has 6 nitrogen and oxygen atoms in total. The van der Waals surface area contributed by atoms with Gasteiger partial charge in [0.1, 0.15) is 0 Å². The van der Waals surface area contributed by atoms with Crippen LogP contribution in [0.1, 0.15) is 28.8 Å². The second-order valence-electron chi connectivity index (χ2n) is 5.26. The first-order chi connectivity index (χ1) is 10.5. The number of aromatic nitrogens is 2. The average Bonchev–Trinajstić information content (AvgIpc) is 2.85. The van der Waals surface area contributed by atoms with Crippen molar-refractivity contribution in [2.45, 2.75) is 18.4 Å². The van der Waals surface area contributed by atoms with Crippen LogP contribution in [0.2, 0.25) is 5.02 Å². The first-order valence-corrected chi connectivity index (χ1v) is 7.14. The van der Waals surface area contributed by atoms with Gasteiger partial charge in [0.25, 0.3) is 0 Å². The van der Waals surface area contributed by atoms with Gasteiger partial charge in [-0.25, -0.2) is 4.79 Å². The third-order valence-corrected chi connectivity index (χ3v) is 4.15. The molecule has 1 amide bonds. The molecule has 0 radical (unpaired) electrons. The predicted molar refractivity (Wildman–Crippen MR) is 79.6 cm³/mol. The molecule has 22 heavy (non-hydrogen) atoms. The Morgan fingerprint density at radius 2 is 2.23 bits per heavy atom. The summed E-state index contributed by atoms with van der Waals surface area (Å²) in [5.74, 6) is -1.80. The summed E-state index contributed by atoms with van der Waals surface area (Å²) >= 11 is 5.94. The maximum Gasteiger partial charge on any atom is 0.332 e. The number of carboxylic acid groups (broad SMARTS) is 1. The summed E-state index contributed by atoms with van der Waals surface area (Å²) in [5, 5.41) is 16.4. The number of hydrogen-bond donors (Lipinski definition) is 2. The van der Waals surface area contributed by atoms with E-state index in [9.17, 15) is 14.7 Å². The van der Waals surface area contributed by atoms with Crippen LogP contribution in [0.5, 0.6) is 0 Å². The molecule has 3 rings (SSSR count). The highest BCUT2D eigenvalue weighted by atomic mass is 35.5. The van der Waals surface area contributed by atoms with E-state index < -0.39 is 12.0 Å². The Morgan fingerprint density at radius 3 is 2.86 bits per heavy atom. The molecule has 7 heteroatoms. The van der Waals surface area contributed by atoms with Crippen molar-refractivity contribution in [2.75, 3.05) is 0 Å². The molecule has 2 unspecified atom stereocenters. The SMILES string of the molecule is Cn1nccc1C(NC(=O)C1Cc2ccc(Cl)cc21)C(=O)O. The first kappa shape index (κ1) is 14.6. The van der Waals surface area contributed by atoms with Gasteiger partial charge in [-0.3, -0.25) is 9.48 Å². The van der Waals surface area contributed by atoms with E-state index in [1.54, 1.807) is 25.2 Å². The summed E-state index contributed by atoms with van der Waals surface area (Å²) in [7, 11) is 1.63. The Morgan fingerprint density at radius 1 is 1.45 bits per heavy atom. The van der Waals surface area contributed by atoms with Gasteiger partial charge in [0.05, 0.1) is 11.6 Å². The highest BCUT2D eigenvalue weighted by Gasteiger charge is 2.35. The third-order valence-electron chi connectivity index (χ3n) is 3.91. The van der Waals surface area contributed by atoms with Crippen molar-refractivity contribution >= 4 is 23.5 Å². The zero-order valence-electron chi connectivity index (χ0n) is 11.8. The molecular weight excluding hydrogens is 306 g/mol. The quantitative estimate of drug-likeness (QED) is 0.897. The van der Waals surface area contributed by atoms with Gasteiger partial charge < -0.3 is 10.4 Å². The maximum atomic E-state index is 12.4. The number of carboxylic acids is 1. The monoisotopic (exact) mass is 319 g/mol. The Hall–Kier alpha value is -2.34. The molecule has 2 N–H and O–H groups in total. The Labute approximate surface area is 131 Å². The van der Waals surface area contributed by atoms with E-state index in [4.69, 9.17) is 11.6 Å². The molecule has 0 spiro atoms. The average molecular weight is 320 g/mol. The molecule has 2 atom stereocenters. The van der Waals surface area contributed by atoms with Gasteiger partial charge in [0.15, 0.2) is 6.04 Å². The molecule has 0 fully saturated rings. The molecule has 1 aromatic carbocycles. The Balaban J connectivity index is 1.79. The van der Waals surface area contributed by atoms with E-state index in [0.717, 1.165) is 11.1 Å². The second kappa shape index (κ2) is 5.46. The van der Waals surface area contributed by atoms with E-state index in [1.165, 1.54) is 10.9 Å². The van der Waals surface area contributed by atoms with Crippen molar-refractivity contribution < 1.29 is 14.7 Å². The first-order valence-electron chi connectivity index (χ1n) is 6.77. The van der Waals surface area contributed by atoms with E-state index in [0.29, 0.717) is 17.1 Å². The van der Waals surface area contributed by atoms with Crippen LogP contribution in [0.15, 0.2) is 30.5 Å². The van der Waals surface area contributed by atoms with Crippen LogP contribution < -0.4 is 5.32 Å². The molecule has 0 saturated heterocycles. The van der Waals surface area contributed by atoms with Crippen molar-refractivity contribution in [2.24, 2.45) is 7.05 Å². The summed E-state index contributed by atoms with van der Waals surface area (Å²) in [6.45, 7) is 0. The topological polar surface area (TPSA) is 84.2 Å². The number of rotatable bonds is 4. The van der Waals surface area contributed by atoms with Crippen LogP contribution in [0.4, 0.5) is 0 Å². The zero-order chi connectivity index (χ0) is 15.9. The van der Waals surface area contributed by atoms with Gasteiger partial charge in [-0.1, -0.05) is 17.7 Å². The Kier molecular flexibility index (Phi) is 3.62. The van der Waals surface area contributed by atoms with Gasteiger partial charge in [-0.05, 0) is 35.7 Å². The number of benzene rings is 1. The molecule has 1 aliphatic carbocycles. The summed E-state index contributed by atoms with van der Waals surface area (Å²) in [4.78, 5) is 23.8. The predicted octanol–water partition coefficient (Wildman–Crippen LogP) is 1.66. The lowest BCUT2D eigenvalue weighted by Gasteiger charge is -2.30. The summed E-state index contributed by atoms with van der Waals surface area (Å²) in [5.41, 5.74) is 2.35. The van der Waals surface area contributed by atoms with Crippen molar-refractivity contribution in [3.05, 3.63) is 52.3 Å². The standard InChI is InChI=1S/C15H14ClN3O3/c1-19-12(4-5-17-19)13(15(21)22)18-14(20)11-6-8-2-3-9(16)7-10(8)11/h2-5,7,11,13H,6H2,1H3,(H,18,20)(H,21,22). The minimum atomic E-state index is -1.12. The fourth-order valence-corrected chi connectivity index (χ4v) is 2.86. The molecule has 0 aliphatic heterocycles. The molecule has 1 aromatic heterocycles. The number of hydrogen-bond acceptors (Lipinski definition) is 3. The number of nitrogens with zero attached hydrogens (tertiary/aromatic N) is 2. The number of nitrogens with one attached hydrogen (secondary N) is 1. The fraction of sp³-hybridized carbons (Fsp3) is 0.267. The second-order valence-corrected chi connectivity index (χ2v) is 5.70. The number of carbonyl (C=O) groups is 2. The molecule has 1 heterocycles. The lowest BCUT2D eigenvalue weighted by atomic mass is 9.77. The van der Waals surface area contributed by atoms with Crippen LogP contribution in [-0.2, 0) is 23.1 Å². The van der Waals surface area contributed by atoms with Gasteiger partial charge in [0, 0.05) is 18.3 Å².